The first-order valence-electron chi connectivity index (χ1n) is 7.05. The van der Waals surface area contributed by atoms with Gasteiger partial charge in [0, 0.05) is 5.56 Å². The van der Waals surface area contributed by atoms with Gasteiger partial charge in [-0.1, -0.05) is 31.2 Å². The zero-order valence-corrected chi connectivity index (χ0v) is 12.3. The van der Waals surface area contributed by atoms with E-state index in [1.807, 2.05) is 31.2 Å². The highest BCUT2D eigenvalue weighted by Crippen LogP contribution is 2.17. The number of phenolic OH excluding ortho intramolecular Hbond substituents is 1. The van der Waals surface area contributed by atoms with Crippen LogP contribution in [-0.4, -0.2) is 23.8 Å². The van der Waals surface area contributed by atoms with Crippen molar-refractivity contribution in [3.05, 3.63) is 59.7 Å². The van der Waals surface area contributed by atoms with E-state index in [9.17, 15) is 9.90 Å². The molecule has 0 spiro atoms. The second-order valence-corrected chi connectivity index (χ2v) is 4.60. The first-order chi connectivity index (χ1) is 10.7. The lowest BCUT2D eigenvalue weighted by molar-refractivity contribution is 0.0952. The Morgan fingerprint density at radius 3 is 2.73 bits per heavy atom. The molecule has 2 N–H and O–H groups in total. The van der Waals surface area contributed by atoms with E-state index >= 15 is 0 Å². The quantitative estimate of drug-likeness (QED) is 0.636. The summed E-state index contributed by atoms with van der Waals surface area (Å²) in [6, 6.07) is 13.7. The van der Waals surface area contributed by atoms with Gasteiger partial charge in [0.2, 0.25) is 0 Å². The molecule has 0 saturated carbocycles. The number of hydrogen-bond donors (Lipinski definition) is 2. The van der Waals surface area contributed by atoms with Gasteiger partial charge in [-0.15, -0.1) is 0 Å². The summed E-state index contributed by atoms with van der Waals surface area (Å²) < 4.78 is 5.60. The van der Waals surface area contributed by atoms with Crippen molar-refractivity contribution in [3.8, 4) is 11.5 Å². The maximum Gasteiger partial charge on any atom is 0.275 e. The molecule has 22 heavy (non-hydrogen) atoms. The Kier molecular flexibility index (Phi) is 5.54. The minimum absolute atomic E-state index is 0.0816. The maximum absolute atomic E-state index is 11.9. The highest BCUT2D eigenvalue weighted by molar-refractivity contribution is 5.97. The summed E-state index contributed by atoms with van der Waals surface area (Å²) in [6.07, 6.45) is 2.43. The van der Waals surface area contributed by atoms with E-state index in [4.69, 9.17) is 4.74 Å². The van der Waals surface area contributed by atoms with Crippen LogP contribution < -0.4 is 10.2 Å². The molecule has 0 aliphatic carbocycles. The normalized spacial score (nSPS) is 10.6. The molecule has 0 heterocycles. The highest BCUT2D eigenvalue weighted by Gasteiger charge is 2.08. The van der Waals surface area contributed by atoms with Crippen LogP contribution in [0.3, 0.4) is 0 Å². The Hall–Kier alpha value is -2.82. The minimum atomic E-state index is -0.471. The Balaban J connectivity index is 2.04. The van der Waals surface area contributed by atoms with Gasteiger partial charge in [-0.2, -0.15) is 5.10 Å². The van der Waals surface area contributed by atoms with Crippen LogP contribution in [0.25, 0.3) is 0 Å². The molecule has 0 aliphatic rings. The molecule has 1 amide bonds. The number of phenols is 1. The number of ether oxygens (including phenoxy) is 1. The first kappa shape index (κ1) is 15.6. The minimum Gasteiger partial charge on any atom is -0.507 e. The van der Waals surface area contributed by atoms with E-state index in [2.05, 4.69) is 10.5 Å². The molecule has 0 radical (unpaired) electrons. The number of nitrogens with zero attached hydrogens (tertiary/aromatic N) is 1. The van der Waals surface area contributed by atoms with E-state index in [0.29, 0.717) is 12.4 Å². The molecular formula is C17H18N2O3. The van der Waals surface area contributed by atoms with Gasteiger partial charge in [0.1, 0.15) is 11.5 Å². The van der Waals surface area contributed by atoms with Gasteiger partial charge in [0.15, 0.2) is 0 Å². The van der Waals surface area contributed by atoms with Crippen molar-refractivity contribution >= 4 is 12.1 Å². The van der Waals surface area contributed by atoms with E-state index in [0.717, 1.165) is 12.0 Å². The molecule has 2 rings (SSSR count). The van der Waals surface area contributed by atoms with Crippen LogP contribution >= 0.6 is 0 Å². The van der Waals surface area contributed by atoms with Crippen LogP contribution in [0.5, 0.6) is 11.5 Å². The van der Waals surface area contributed by atoms with Gasteiger partial charge in [-0.05, 0) is 30.7 Å². The number of amides is 1. The largest absolute Gasteiger partial charge is 0.507 e. The number of benzene rings is 2. The molecule has 2 aromatic carbocycles. The third-order valence-electron chi connectivity index (χ3n) is 2.90. The third kappa shape index (κ3) is 4.09. The number of carbonyl (C=O) groups excluding carboxylic acids is 1. The van der Waals surface area contributed by atoms with Crippen LogP contribution in [0.2, 0.25) is 0 Å². The van der Waals surface area contributed by atoms with Crippen molar-refractivity contribution in [2.75, 3.05) is 6.61 Å². The van der Waals surface area contributed by atoms with Crippen molar-refractivity contribution in [1.29, 1.82) is 0 Å². The molecule has 0 aromatic heterocycles. The standard InChI is InChI=1S/C17H18N2O3/c1-2-11-22-16-10-6-3-7-13(16)12-18-19-17(21)14-8-4-5-9-15(14)20/h3-10,12,20H,2,11H2,1H3,(H,19,21)/b18-12-. The number of hydrogen-bond acceptors (Lipinski definition) is 4. The smallest absolute Gasteiger partial charge is 0.275 e. The molecule has 0 saturated heterocycles. The third-order valence-corrected chi connectivity index (χ3v) is 2.90. The van der Waals surface area contributed by atoms with Crippen molar-refractivity contribution in [3.63, 3.8) is 0 Å². The predicted octanol–water partition coefficient (Wildman–Crippen LogP) is 2.94. The fourth-order valence-corrected chi connectivity index (χ4v) is 1.82. The molecule has 0 atom stereocenters. The highest BCUT2D eigenvalue weighted by atomic mass is 16.5. The lowest BCUT2D eigenvalue weighted by Crippen LogP contribution is -2.17. The zero-order chi connectivity index (χ0) is 15.8. The Morgan fingerprint density at radius 1 is 1.23 bits per heavy atom. The molecular weight excluding hydrogens is 280 g/mol. The summed E-state index contributed by atoms with van der Waals surface area (Å²) in [5.41, 5.74) is 3.33. The van der Waals surface area contributed by atoms with E-state index in [1.54, 1.807) is 12.1 Å². The lowest BCUT2D eigenvalue weighted by atomic mass is 10.2. The molecule has 5 nitrogen and oxygen atoms in total. The summed E-state index contributed by atoms with van der Waals surface area (Å²) in [7, 11) is 0. The van der Waals surface area contributed by atoms with Crippen LogP contribution in [0, 0.1) is 0 Å². The predicted molar refractivity (Wildman–Crippen MR) is 85.4 cm³/mol. The van der Waals surface area contributed by atoms with Gasteiger partial charge in [-0.25, -0.2) is 5.43 Å². The second kappa shape index (κ2) is 7.83. The Labute approximate surface area is 129 Å². The van der Waals surface area contributed by atoms with Gasteiger partial charge in [0.25, 0.3) is 5.91 Å². The topological polar surface area (TPSA) is 70.9 Å². The van der Waals surface area contributed by atoms with Crippen LogP contribution in [0.15, 0.2) is 53.6 Å². The fraction of sp³-hybridized carbons (Fsp3) is 0.176. The number of rotatable bonds is 6. The van der Waals surface area contributed by atoms with Crippen LogP contribution in [0.4, 0.5) is 0 Å². The van der Waals surface area contributed by atoms with Gasteiger partial charge in [-0.3, -0.25) is 4.79 Å². The van der Waals surface area contributed by atoms with Crippen LogP contribution in [-0.2, 0) is 0 Å². The molecule has 0 unspecified atom stereocenters. The summed E-state index contributed by atoms with van der Waals surface area (Å²) in [6.45, 7) is 2.65. The van der Waals surface area contributed by atoms with Gasteiger partial charge >= 0.3 is 0 Å². The molecule has 2 aromatic rings. The summed E-state index contributed by atoms with van der Waals surface area (Å²) >= 11 is 0. The van der Waals surface area contributed by atoms with Gasteiger partial charge in [0.05, 0.1) is 18.4 Å². The first-order valence-corrected chi connectivity index (χ1v) is 7.05. The summed E-state index contributed by atoms with van der Waals surface area (Å²) in [5, 5.41) is 13.5. The van der Waals surface area contributed by atoms with Crippen molar-refractivity contribution in [2.45, 2.75) is 13.3 Å². The second-order valence-electron chi connectivity index (χ2n) is 4.60. The molecule has 0 bridgehead atoms. The Morgan fingerprint density at radius 2 is 1.95 bits per heavy atom. The van der Waals surface area contributed by atoms with Gasteiger partial charge < -0.3 is 9.84 Å². The van der Waals surface area contributed by atoms with Crippen molar-refractivity contribution in [1.82, 2.24) is 5.43 Å². The number of aromatic hydroxyl groups is 1. The molecule has 5 heteroatoms. The number of nitrogens with one attached hydrogen (secondary N) is 1. The maximum atomic E-state index is 11.9. The van der Waals surface area contributed by atoms with E-state index < -0.39 is 5.91 Å². The summed E-state index contributed by atoms with van der Waals surface area (Å²) in [5.74, 6) is 0.160. The molecule has 0 aliphatic heterocycles. The molecule has 114 valence electrons. The number of carbonyl (C=O) groups is 1. The average molecular weight is 298 g/mol. The SMILES string of the molecule is CCCOc1ccccc1/C=N\NC(=O)c1ccccc1O. The zero-order valence-electron chi connectivity index (χ0n) is 12.3. The van der Waals surface area contributed by atoms with E-state index in [1.165, 1.54) is 18.3 Å². The summed E-state index contributed by atoms with van der Waals surface area (Å²) in [4.78, 5) is 11.9. The average Bonchev–Trinajstić information content (AvgIpc) is 2.54. The fourth-order valence-electron chi connectivity index (χ4n) is 1.82. The van der Waals surface area contributed by atoms with Crippen molar-refractivity contribution < 1.29 is 14.6 Å². The number of hydrazone groups is 1. The monoisotopic (exact) mass is 298 g/mol. The Bertz CT molecular complexity index is 668. The van der Waals surface area contributed by atoms with E-state index in [-0.39, 0.29) is 11.3 Å². The van der Waals surface area contributed by atoms with Crippen LogP contribution in [0.1, 0.15) is 29.3 Å². The number of para-hydroxylation sites is 2. The lowest BCUT2D eigenvalue weighted by Gasteiger charge is -2.07. The molecule has 0 fully saturated rings. The van der Waals surface area contributed by atoms with Crippen molar-refractivity contribution in [2.24, 2.45) is 5.10 Å².